The van der Waals surface area contributed by atoms with E-state index in [9.17, 15) is 18.0 Å². The zero-order chi connectivity index (χ0) is 24.1. The van der Waals surface area contributed by atoms with Crippen LogP contribution in [-0.4, -0.2) is 40.6 Å². The minimum absolute atomic E-state index is 0.00774. The first-order valence-electron chi connectivity index (χ1n) is 11.3. The smallest absolute Gasteiger partial charge is 0.337 e. The van der Waals surface area contributed by atoms with Crippen molar-refractivity contribution in [1.29, 1.82) is 0 Å². The van der Waals surface area contributed by atoms with E-state index in [0.29, 0.717) is 42.6 Å². The molecule has 0 aromatic heterocycles. The van der Waals surface area contributed by atoms with Crippen molar-refractivity contribution in [2.75, 3.05) is 25.0 Å². The van der Waals surface area contributed by atoms with Gasteiger partial charge in [0.15, 0.2) is 11.5 Å². The summed E-state index contributed by atoms with van der Waals surface area (Å²) in [5, 5.41) is 2.87. The number of rotatable bonds is 8. The van der Waals surface area contributed by atoms with Crippen molar-refractivity contribution in [3.8, 4) is 11.5 Å². The van der Waals surface area contributed by atoms with Gasteiger partial charge in [-0.25, -0.2) is 13.2 Å². The summed E-state index contributed by atoms with van der Waals surface area (Å²) in [6, 6.07) is 8.90. The molecule has 0 saturated heterocycles. The molecule has 0 bridgehead atoms. The van der Waals surface area contributed by atoms with Crippen molar-refractivity contribution in [3.63, 3.8) is 0 Å². The van der Waals surface area contributed by atoms with Crippen molar-refractivity contribution >= 4 is 27.6 Å². The Hall–Kier alpha value is -3.27. The van der Waals surface area contributed by atoms with Crippen LogP contribution in [0.3, 0.4) is 0 Å². The van der Waals surface area contributed by atoms with Crippen LogP contribution in [0.5, 0.6) is 11.5 Å². The quantitative estimate of drug-likeness (QED) is 0.547. The highest BCUT2D eigenvalue weighted by molar-refractivity contribution is 7.92. The molecule has 2 aromatic rings. The lowest BCUT2D eigenvalue weighted by atomic mass is 10.0. The molecule has 0 unspecified atom stereocenters. The topological polar surface area (TPSA) is 120 Å². The van der Waals surface area contributed by atoms with Crippen LogP contribution < -0.4 is 19.5 Å². The Balaban J connectivity index is 1.52. The van der Waals surface area contributed by atoms with Crippen LogP contribution in [0.1, 0.15) is 48.0 Å². The van der Waals surface area contributed by atoms with Gasteiger partial charge in [0.05, 0.1) is 23.3 Å². The normalized spacial score (nSPS) is 15.6. The highest BCUT2D eigenvalue weighted by Crippen LogP contribution is 2.33. The lowest BCUT2D eigenvalue weighted by Gasteiger charge is -2.19. The van der Waals surface area contributed by atoms with E-state index in [1.807, 2.05) is 0 Å². The average Bonchev–Trinajstić information content (AvgIpc) is 3.34. The summed E-state index contributed by atoms with van der Waals surface area (Å²) in [6.45, 7) is 0.897. The van der Waals surface area contributed by atoms with Crippen LogP contribution in [-0.2, 0) is 26.1 Å². The number of fused-ring (bicyclic) bond motifs is 1. The number of carbonyl (C=O) groups excluding carboxylic acids is 2. The standard InChI is InChI=1S/C24H28N2O7S/c1-31-24(28)18-10-17(15-25-23(27)12-16-4-2-3-5-16)11-19(13-18)26-34(29,30)20-6-7-21-22(14-20)33-9-8-32-21/h6-7,10-11,13-14,16,26H,2-5,8-9,12,15H2,1H3,(H,25,27). The number of hydrogen-bond acceptors (Lipinski definition) is 7. The second-order valence-corrected chi connectivity index (χ2v) is 10.1. The lowest BCUT2D eigenvalue weighted by molar-refractivity contribution is -0.122. The van der Waals surface area contributed by atoms with E-state index in [2.05, 4.69) is 10.0 Å². The van der Waals surface area contributed by atoms with Gasteiger partial charge in [-0.05, 0) is 54.7 Å². The number of carbonyl (C=O) groups is 2. The third-order valence-electron chi connectivity index (χ3n) is 5.93. The van der Waals surface area contributed by atoms with Gasteiger partial charge >= 0.3 is 5.97 Å². The predicted octanol–water partition coefficient (Wildman–Crippen LogP) is 3.24. The highest BCUT2D eigenvalue weighted by Gasteiger charge is 2.21. The SMILES string of the molecule is COC(=O)c1cc(CNC(=O)CC2CCCC2)cc(NS(=O)(=O)c2ccc3c(c2)OCCO3)c1. The minimum Gasteiger partial charge on any atom is -0.486 e. The molecule has 2 aliphatic rings. The largest absolute Gasteiger partial charge is 0.486 e. The number of anilines is 1. The Labute approximate surface area is 198 Å². The fraction of sp³-hybridized carbons (Fsp3) is 0.417. The third-order valence-corrected chi connectivity index (χ3v) is 7.31. The molecule has 182 valence electrons. The van der Waals surface area contributed by atoms with E-state index in [1.165, 1.54) is 25.3 Å². The van der Waals surface area contributed by atoms with Crippen molar-refractivity contribution < 1.29 is 32.2 Å². The number of hydrogen-bond donors (Lipinski definition) is 2. The van der Waals surface area contributed by atoms with Crippen LogP contribution in [0, 0.1) is 5.92 Å². The molecular formula is C24H28N2O7S. The van der Waals surface area contributed by atoms with Gasteiger partial charge in [-0.1, -0.05) is 12.8 Å². The Morgan fingerprint density at radius 2 is 1.76 bits per heavy atom. The molecule has 0 atom stereocenters. The summed E-state index contributed by atoms with van der Waals surface area (Å²) >= 11 is 0. The van der Waals surface area contributed by atoms with Gasteiger partial charge in [0.25, 0.3) is 10.0 Å². The molecule has 0 radical (unpaired) electrons. The average molecular weight is 489 g/mol. The fourth-order valence-corrected chi connectivity index (χ4v) is 5.30. The van der Waals surface area contributed by atoms with Crippen molar-refractivity contribution in [2.45, 2.75) is 43.5 Å². The maximum Gasteiger partial charge on any atom is 0.337 e. The second kappa shape index (κ2) is 10.3. The first-order chi connectivity index (χ1) is 16.3. The number of amides is 1. The summed E-state index contributed by atoms with van der Waals surface area (Å²) < 4.78 is 44.3. The Morgan fingerprint density at radius 1 is 1.03 bits per heavy atom. The van der Waals surface area contributed by atoms with Crippen LogP contribution >= 0.6 is 0 Å². The summed E-state index contributed by atoms with van der Waals surface area (Å²) in [7, 11) is -2.74. The van der Waals surface area contributed by atoms with Gasteiger partial charge in [-0.2, -0.15) is 0 Å². The number of benzene rings is 2. The van der Waals surface area contributed by atoms with Gasteiger partial charge < -0.3 is 19.5 Å². The van der Waals surface area contributed by atoms with Gasteiger partial charge in [-0.15, -0.1) is 0 Å². The molecule has 9 nitrogen and oxygen atoms in total. The van der Waals surface area contributed by atoms with Crippen molar-refractivity contribution in [3.05, 3.63) is 47.5 Å². The van der Waals surface area contributed by atoms with Crippen molar-refractivity contribution in [2.24, 2.45) is 5.92 Å². The molecule has 4 rings (SSSR count). The molecule has 1 aliphatic heterocycles. The second-order valence-electron chi connectivity index (χ2n) is 8.45. The molecule has 0 spiro atoms. The highest BCUT2D eigenvalue weighted by atomic mass is 32.2. The Bertz CT molecular complexity index is 1170. The molecule has 1 heterocycles. The summed E-state index contributed by atoms with van der Waals surface area (Å²) in [5.74, 6) is 0.569. The summed E-state index contributed by atoms with van der Waals surface area (Å²) in [6.07, 6.45) is 4.92. The van der Waals surface area contributed by atoms with E-state index >= 15 is 0 Å². The number of methoxy groups -OCH3 is 1. The molecule has 2 aromatic carbocycles. The molecule has 1 fully saturated rings. The molecule has 2 N–H and O–H groups in total. The van der Waals surface area contributed by atoms with Crippen LogP contribution in [0.15, 0.2) is 41.3 Å². The Morgan fingerprint density at radius 3 is 2.50 bits per heavy atom. The number of esters is 1. The van der Waals surface area contributed by atoms with Crippen molar-refractivity contribution in [1.82, 2.24) is 5.32 Å². The van der Waals surface area contributed by atoms with Crippen LogP contribution in [0.25, 0.3) is 0 Å². The molecule has 34 heavy (non-hydrogen) atoms. The van der Waals surface area contributed by atoms with E-state index in [1.54, 1.807) is 18.2 Å². The van der Waals surface area contributed by atoms with Crippen LogP contribution in [0.4, 0.5) is 5.69 Å². The predicted molar refractivity (Wildman–Crippen MR) is 124 cm³/mol. The first-order valence-corrected chi connectivity index (χ1v) is 12.7. The maximum absolute atomic E-state index is 13.0. The number of ether oxygens (including phenoxy) is 3. The Kier molecular flexibility index (Phi) is 7.26. The van der Waals surface area contributed by atoms with Gasteiger partial charge in [0, 0.05) is 19.0 Å². The van der Waals surface area contributed by atoms with E-state index in [4.69, 9.17) is 14.2 Å². The first kappa shape index (κ1) is 23.9. The summed E-state index contributed by atoms with van der Waals surface area (Å²) in [5.41, 5.74) is 0.922. The molecule has 1 amide bonds. The van der Waals surface area contributed by atoms with E-state index in [-0.39, 0.29) is 28.6 Å². The fourth-order valence-electron chi connectivity index (χ4n) is 4.24. The number of sulfonamides is 1. The number of nitrogens with one attached hydrogen (secondary N) is 2. The van der Waals surface area contributed by atoms with E-state index in [0.717, 1.165) is 25.7 Å². The van der Waals surface area contributed by atoms with E-state index < -0.39 is 16.0 Å². The van der Waals surface area contributed by atoms with Gasteiger partial charge in [0.2, 0.25) is 5.91 Å². The zero-order valence-electron chi connectivity index (χ0n) is 19.0. The molecular weight excluding hydrogens is 460 g/mol. The maximum atomic E-state index is 13.0. The van der Waals surface area contributed by atoms with Gasteiger partial charge in [-0.3, -0.25) is 9.52 Å². The van der Waals surface area contributed by atoms with Gasteiger partial charge in [0.1, 0.15) is 13.2 Å². The molecule has 1 aliphatic carbocycles. The summed E-state index contributed by atoms with van der Waals surface area (Å²) in [4.78, 5) is 24.5. The van der Waals surface area contributed by atoms with Crippen LogP contribution in [0.2, 0.25) is 0 Å². The molecule has 10 heteroatoms. The lowest BCUT2D eigenvalue weighted by Crippen LogP contribution is -2.25. The minimum atomic E-state index is -3.98. The molecule has 1 saturated carbocycles. The monoisotopic (exact) mass is 488 g/mol. The zero-order valence-corrected chi connectivity index (χ0v) is 19.8. The third kappa shape index (κ3) is 5.80.